The molecule has 0 atom stereocenters. The summed E-state index contributed by atoms with van der Waals surface area (Å²) in [4.78, 5) is 13.5. The molecule has 2 N–H and O–H groups in total. The van der Waals surface area contributed by atoms with Crippen LogP contribution in [0, 0.1) is 17.7 Å². The number of benzene rings is 1. The van der Waals surface area contributed by atoms with Crippen LogP contribution >= 0.6 is 11.6 Å². The highest BCUT2D eigenvalue weighted by Crippen LogP contribution is 2.33. The zero-order valence-electron chi connectivity index (χ0n) is 16.5. The molecule has 28 heavy (non-hydrogen) atoms. The summed E-state index contributed by atoms with van der Waals surface area (Å²) in [5, 5.41) is 0.342. The lowest BCUT2D eigenvalue weighted by molar-refractivity contribution is -0.118. The Balaban J connectivity index is 1.31. The van der Waals surface area contributed by atoms with Crippen molar-refractivity contribution in [3.05, 3.63) is 29.0 Å². The Labute approximate surface area is 172 Å². The summed E-state index contributed by atoms with van der Waals surface area (Å²) in [6, 6.07) is 4.30. The molecule has 6 heteroatoms. The SMILES string of the molecule is NC(=O)CCC1CCC(CCN2CCC(Oc3ccc(F)cc3Cl)CC2)CC1. The Morgan fingerprint density at radius 3 is 2.36 bits per heavy atom. The largest absolute Gasteiger partial charge is 0.489 e. The van der Waals surface area contributed by atoms with Crippen molar-refractivity contribution in [2.75, 3.05) is 19.6 Å². The molecule has 0 bridgehead atoms. The van der Waals surface area contributed by atoms with Crippen LogP contribution in [0.3, 0.4) is 0 Å². The maximum atomic E-state index is 13.1. The minimum Gasteiger partial charge on any atom is -0.489 e. The molecule has 1 saturated heterocycles. The van der Waals surface area contributed by atoms with E-state index >= 15 is 0 Å². The predicted octanol–water partition coefficient (Wildman–Crippen LogP) is 4.78. The van der Waals surface area contributed by atoms with E-state index < -0.39 is 0 Å². The Morgan fingerprint density at radius 2 is 1.75 bits per heavy atom. The van der Waals surface area contributed by atoms with Gasteiger partial charge in [-0.15, -0.1) is 0 Å². The van der Waals surface area contributed by atoms with Crippen molar-refractivity contribution in [1.82, 2.24) is 4.90 Å². The first-order valence-corrected chi connectivity index (χ1v) is 11.0. The Kier molecular flexibility index (Phi) is 7.98. The number of primary amides is 1. The maximum absolute atomic E-state index is 13.1. The van der Waals surface area contributed by atoms with Crippen LogP contribution in [0.4, 0.5) is 4.39 Å². The molecule has 0 unspecified atom stereocenters. The highest BCUT2D eigenvalue weighted by atomic mass is 35.5. The summed E-state index contributed by atoms with van der Waals surface area (Å²) in [6.45, 7) is 3.23. The first-order valence-electron chi connectivity index (χ1n) is 10.6. The van der Waals surface area contributed by atoms with Crippen molar-refractivity contribution in [3.8, 4) is 5.75 Å². The Bertz CT molecular complexity index is 641. The second-order valence-corrected chi connectivity index (χ2v) is 8.82. The molecule has 1 aliphatic heterocycles. The van der Waals surface area contributed by atoms with E-state index in [1.165, 1.54) is 44.2 Å². The minimum absolute atomic E-state index is 0.153. The number of amides is 1. The average Bonchev–Trinajstić information content (AvgIpc) is 2.69. The van der Waals surface area contributed by atoms with Gasteiger partial charge in [0.2, 0.25) is 5.91 Å². The van der Waals surface area contributed by atoms with Gasteiger partial charge in [0.15, 0.2) is 0 Å². The van der Waals surface area contributed by atoms with Crippen molar-refractivity contribution in [3.63, 3.8) is 0 Å². The van der Waals surface area contributed by atoms with E-state index in [0.29, 0.717) is 23.1 Å². The van der Waals surface area contributed by atoms with Crippen LogP contribution in [-0.2, 0) is 4.79 Å². The third-order valence-electron chi connectivity index (χ3n) is 6.34. The first kappa shape index (κ1) is 21.4. The van der Waals surface area contributed by atoms with Gasteiger partial charge in [0.05, 0.1) is 5.02 Å². The van der Waals surface area contributed by atoms with E-state index in [-0.39, 0.29) is 17.8 Å². The number of carbonyl (C=O) groups excluding carboxylic acids is 1. The number of carbonyl (C=O) groups is 1. The molecule has 1 saturated carbocycles. The molecule has 156 valence electrons. The molecule has 2 aliphatic rings. The predicted molar refractivity (Wildman–Crippen MR) is 110 cm³/mol. The Morgan fingerprint density at radius 1 is 1.11 bits per heavy atom. The molecule has 0 spiro atoms. The molecule has 1 heterocycles. The van der Waals surface area contributed by atoms with Gasteiger partial charge < -0.3 is 15.4 Å². The van der Waals surface area contributed by atoms with Crippen molar-refractivity contribution in [2.45, 2.75) is 63.9 Å². The maximum Gasteiger partial charge on any atom is 0.217 e. The van der Waals surface area contributed by atoms with Gasteiger partial charge in [-0.3, -0.25) is 4.79 Å². The molecule has 1 amide bonds. The van der Waals surface area contributed by atoms with Gasteiger partial charge in [-0.1, -0.05) is 37.3 Å². The zero-order valence-corrected chi connectivity index (χ0v) is 17.3. The van der Waals surface area contributed by atoms with Gasteiger partial charge in [0.25, 0.3) is 0 Å². The van der Waals surface area contributed by atoms with Crippen molar-refractivity contribution in [2.24, 2.45) is 17.6 Å². The summed E-state index contributed by atoms with van der Waals surface area (Å²) in [7, 11) is 0. The van der Waals surface area contributed by atoms with E-state index in [9.17, 15) is 9.18 Å². The molecular weight excluding hydrogens is 379 g/mol. The van der Waals surface area contributed by atoms with Crippen molar-refractivity contribution < 1.29 is 13.9 Å². The number of piperidine rings is 1. The summed E-state index contributed by atoms with van der Waals surface area (Å²) in [5.41, 5.74) is 5.26. The number of rotatable bonds is 8. The molecule has 2 fully saturated rings. The number of halogens is 2. The molecule has 0 radical (unpaired) electrons. The van der Waals surface area contributed by atoms with Crippen LogP contribution in [0.1, 0.15) is 57.8 Å². The summed E-state index contributed by atoms with van der Waals surface area (Å²) < 4.78 is 19.1. The standard InChI is InChI=1S/C22H32ClFN2O2/c23-20-15-18(24)6-7-21(20)28-19-10-13-26(14-11-19)12-9-17-3-1-16(2-4-17)5-8-22(25)27/h6-7,15-17,19H,1-5,8-14H2,(H2,25,27). The van der Waals surface area contributed by atoms with Crippen LogP contribution in [-0.4, -0.2) is 36.5 Å². The van der Waals surface area contributed by atoms with Crippen LogP contribution < -0.4 is 10.5 Å². The molecule has 1 aromatic rings. The van der Waals surface area contributed by atoms with Gasteiger partial charge in [0, 0.05) is 19.5 Å². The fourth-order valence-electron chi connectivity index (χ4n) is 4.52. The lowest BCUT2D eigenvalue weighted by atomic mass is 9.78. The summed E-state index contributed by atoms with van der Waals surface area (Å²) in [6.07, 6.45) is 9.93. The third-order valence-corrected chi connectivity index (χ3v) is 6.64. The Hall–Kier alpha value is -1.33. The summed E-state index contributed by atoms with van der Waals surface area (Å²) in [5.74, 6) is 1.58. The molecule has 1 aliphatic carbocycles. The number of nitrogens with two attached hydrogens (primary N) is 1. The zero-order chi connectivity index (χ0) is 19.9. The second-order valence-electron chi connectivity index (χ2n) is 8.41. The van der Waals surface area contributed by atoms with Crippen molar-refractivity contribution in [1.29, 1.82) is 0 Å². The number of likely N-dealkylation sites (tertiary alicyclic amines) is 1. The number of hydrogen-bond donors (Lipinski definition) is 1. The number of ether oxygens (including phenoxy) is 1. The number of hydrogen-bond acceptors (Lipinski definition) is 3. The van der Waals surface area contributed by atoms with Crippen molar-refractivity contribution >= 4 is 17.5 Å². The van der Waals surface area contributed by atoms with E-state index in [1.54, 1.807) is 6.07 Å². The van der Waals surface area contributed by atoms with Crippen LogP contribution in [0.2, 0.25) is 5.02 Å². The van der Waals surface area contributed by atoms with E-state index in [4.69, 9.17) is 22.1 Å². The number of nitrogens with zero attached hydrogens (tertiary/aromatic N) is 1. The minimum atomic E-state index is -0.339. The lowest BCUT2D eigenvalue weighted by Crippen LogP contribution is -2.39. The van der Waals surface area contributed by atoms with E-state index in [2.05, 4.69) is 4.90 Å². The molecule has 3 rings (SSSR count). The molecule has 0 aromatic heterocycles. The molecule has 4 nitrogen and oxygen atoms in total. The quantitative estimate of drug-likeness (QED) is 0.670. The third kappa shape index (κ3) is 6.63. The monoisotopic (exact) mass is 410 g/mol. The smallest absolute Gasteiger partial charge is 0.217 e. The van der Waals surface area contributed by atoms with Crippen LogP contribution in [0.15, 0.2) is 18.2 Å². The lowest BCUT2D eigenvalue weighted by Gasteiger charge is -2.34. The highest BCUT2D eigenvalue weighted by Gasteiger charge is 2.24. The second kappa shape index (κ2) is 10.4. The van der Waals surface area contributed by atoms with Crippen LogP contribution in [0.5, 0.6) is 5.75 Å². The first-order chi connectivity index (χ1) is 13.5. The molecule has 1 aromatic carbocycles. The van der Waals surface area contributed by atoms with Gasteiger partial charge in [-0.2, -0.15) is 0 Å². The van der Waals surface area contributed by atoms with E-state index in [1.807, 2.05) is 0 Å². The fraction of sp³-hybridized carbons (Fsp3) is 0.682. The van der Waals surface area contributed by atoms with E-state index in [0.717, 1.165) is 44.8 Å². The van der Waals surface area contributed by atoms with Gasteiger partial charge in [0.1, 0.15) is 17.7 Å². The molecular formula is C22H32ClFN2O2. The van der Waals surface area contributed by atoms with Gasteiger partial charge >= 0.3 is 0 Å². The summed E-state index contributed by atoms with van der Waals surface area (Å²) >= 11 is 6.06. The van der Waals surface area contributed by atoms with Gasteiger partial charge in [-0.05, 0) is 62.3 Å². The highest BCUT2D eigenvalue weighted by molar-refractivity contribution is 6.32. The van der Waals surface area contributed by atoms with Gasteiger partial charge in [-0.25, -0.2) is 4.39 Å². The normalized spacial score (nSPS) is 24.2. The topological polar surface area (TPSA) is 55.6 Å². The fourth-order valence-corrected chi connectivity index (χ4v) is 4.73. The van der Waals surface area contributed by atoms with Crippen LogP contribution in [0.25, 0.3) is 0 Å². The average molecular weight is 411 g/mol.